The molecular weight excluding hydrogens is 382 g/mol. The molecule has 0 spiro atoms. The number of halogens is 2. The molecule has 1 rings (SSSR count). The number of carbonyl (C=O) groups is 2. The zero-order valence-corrected chi connectivity index (χ0v) is 13.4. The quantitative estimate of drug-likeness (QED) is 0.804. The van der Waals surface area contributed by atoms with Crippen molar-refractivity contribution in [2.75, 3.05) is 13.1 Å². The van der Waals surface area contributed by atoms with Crippen LogP contribution in [0.3, 0.4) is 0 Å². The van der Waals surface area contributed by atoms with Crippen molar-refractivity contribution >= 4 is 43.7 Å². The van der Waals surface area contributed by atoms with Crippen molar-refractivity contribution in [2.24, 2.45) is 0 Å². The second kappa shape index (κ2) is 6.91. The van der Waals surface area contributed by atoms with Crippen LogP contribution in [0.4, 0.5) is 0 Å². The summed E-state index contributed by atoms with van der Waals surface area (Å²) in [5, 5.41) is 18.4. The molecule has 0 aliphatic rings. The zero-order valence-electron chi connectivity index (χ0n) is 10.2. The Hall–Kier alpha value is -1.08. The third-order valence-electron chi connectivity index (χ3n) is 2.37. The van der Waals surface area contributed by atoms with Gasteiger partial charge in [0.05, 0.1) is 8.95 Å². The van der Waals surface area contributed by atoms with Crippen molar-refractivity contribution in [2.45, 2.75) is 13.3 Å². The van der Waals surface area contributed by atoms with Gasteiger partial charge in [0.1, 0.15) is 12.3 Å². The number of amides is 1. The van der Waals surface area contributed by atoms with E-state index in [1.54, 1.807) is 0 Å². The minimum Gasteiger partial charge on any atom is -0.506 e. The molecule has 0 unspecified atom stereocenters. The first-order valence-corrected chi connectivity index (χ1v) is 7.14. The molecule has 0 bridgehead atoms. The molecule has 1 aromatic rings. The van der Waals surface area contributed by atoms with Crippen LogP contribution in [-0.2, 0) is 4.79 Å². The van der Waals surface area contributed by atoms with E-state index < -0.39 is 5.97 Å². The fourth-order valence-electron chi connectivity index (χ4n) is 1.56. The molecule has 1 amide bonds. The molecular formula is C12H13Br2NO4. The zero-order chi connectivity index (χ0) is 14.6. The first-order valence-electron chi connectivity index (χ1n) is 5.55. The topological polar surface area (TPSA) is 77.8 Å². The SMILES string of the molecule is CCCN(CC(=O)O)C(=O)c1cc(Br)c(O)c(Br)c1. The highest BCUT2D eigenvalue weighted by Gasteiger charge is 2.19. The van der Waals surface area contributed by atoms with E-state index in [1.165, 1.54) is 17.0 Å². The molecule has 2 N–H and O–H groups in total. The maximum atomic E-state index is 12.2. The van der Waals surface area contributed by atoms with Gasteiger partial charge in [-0.25, -0.2) is 0 Å². The fraction of sp³-hybridized carbons (Fsp3) is 0.333. The summed E-state index contributed by atoms with van der Waals surface area (Å²) in [5.41, 5.74) is 0.311. The molecule has 104 valence electrons. The number of carboxylic acid groups (broad SMARTS) is 1. The first kappa shape index (κ1) is 16.0. The number of hydrogen-bond acceptors (Lipinski definition) is 3. The van der Waals surface area contributed by atoms with Crippen molar-refractivity contribution in [3.05, 3.63) is 26.6 Å². The van der Waals surface area contributed by atoms with Gasteiger partial charge in [-0.05, 0) is 50.4 Å². The Morgan fingerprint density at radius 1 is 1.26 bits per heavy atom. The van der Waals surface area contributed by atoms with Crippen molar-refractivity contribution in [3.8, 4) is 5.75 Å². The van der Waals surface area contributed by atoms with Gasteiger partial charge < -0.3 is 15.1 Å². The van der Waals surface area contributed by atoms with E-state index in [0.29, 0.717) is 27.5 Å². The smallest absolute Gasteiger partial charge is 0.323 e. The van der Waals surface area contributed by atoms with Gasteiger partial charge in [-0.2, -0.15) is 0 Å². The number of aromatic hydroxyl groups is 1. The summed E-state index contributed by atoms with van der Waals surface area (Å²) in [7, 11) is 0. The van der Waals surface area contributed by atoms with Crippen molar-refractivity contribution < 1.29 is 19.8 Å². The lowest BCUT2D eigenvalue weighted by atomic mass is 10.2. The van der Waals surface area contributed by atoms with Crippen LogP contribution in [0, 0.1) is 0 Å². The molecule has 0 aliphatic carbocycles. The lowest BCUT2D eigenvalue weighted by Gasteiger charge is -2.20. The van der Waals surface area contributed by atoms with E-state index in [9.17, 15) is 14.7 Å². The molecule has 0 fully saturated rings. The predicted octanol–water partition coefficient (Wildman–Crippen LogP) is 2.85. The van der Waals surface area contributed by atoms with E-state index in [-0.39, 0.29) is 18.2 Å². The number of phenolic OH excluding ortho intramolecular Hbond substituents is 1. The monoisotopic (exact) mass is 393 g/mol. The standard InChI is InChI=1S/C12H13Br2NO4/c1-2-3-15(6-10(16)17)12(19)7-4-8(13)11(18)9(14)5-7/h4-5,18H,2-3,6H2,1H3,(H,16,17). The van der Waals surface area contributed by atoms with E-state index in [4.69, 9.17) is 5.11 Å². The molecule has 1 aromatic carbocycles. The molecule has 0 aromatic heterocycles. The number of nitrogens with zero attached hydrogens (tertiary/aromatic N) is 1. The van der Waals surface area contributed by atoms with Gasteiger partial charge in [0, 0.05) is 12.1 Å². The predicted molar refractivity (Wildman–Crippen MR) is 77.3 cm³/mol. The molecule has 0 aliphatic heterocycles. The Morgan fingerprint density at radius 2 is 1.79 bits per heavy atom. The minimum absolute atomic E-state index is 0.00294. The second-order valence-corrected chi connectivity index (χ2v) is 5.62. The summed E-state index contributed by atoms with van der Waals surface area (Å²) >= 11 is 6.27. The maximum Gasteiger partial charge on any atom is 0.323 e. The Bertz CT molecular complexity index is 481. The van der Waals surface area contributed by atoms with Crippen LogP contribution in [0.2, 0.25) is 0 Å². The van der Waals surface area contributed by atoms with Gasteiger partial charge in [-0.1, -0.05) is 6.92 Å². The summed E-state index contributed by atoms with van der Waals surface area (Å²) < 4.78 is 0.744. The van der Waals surface area contributed by atoms with Gasteiger partial charge >= 0.3 is 5.97 Å². The lowest BCUT2D eigenvalue weighted by molar-refractivity contribution is -0.137. The van der Waals surface area contributed by atoms with Crippen molar-refractivity contribution in [1.29, 1.82) is 0 Å². The van der Waals surface area contributed by atoms with E-state index >= 15 is 0 Å². The van der Waals surface area contributed by atoms with Gasteiger partial charge in [-0.15, -0.1) is 0 Å². The van der Waals surface area contributed by atoms with Crippen LogP contribution < -0.4 is 0 Å². The minimum atomic E-state index is -1.06. The molecule has 0 saturated carbocycles. The summed E-state index contributed by atoms with van der Waals surface area (Å²) in [6.07, 6.45) is 0.666. The number of carbonyl (C=O) groups excluding carboxylic acids is 1. The highest BCUT2D eigenvalue weighted by Crippen LogP contribution is 2.33. The molecule has 5 nitrogen and oxygen atoms in total. The molecule has 7 heteroatoms. The number of aliphatic carboxylic acids is 1. The Balaban J connectivity index is 3.05. The van der Waals surface area contributed by atoms with Gasteiger partial charge in [-0.3, -0.25) is 9.59 Å². The molecule has 19 heavy (non-hydrogen) atoms. The first-order chi connectivity index (χ1) is 8.86. The van der Waals surface area contributed by atoms with Crippen LogP contribution in [0.1, 0.15) is 23.7 Å². The summed E-state index contributed by atoms with van der Waals surface area (Å²) in [4.78, 5) is 24.2. The van der Waals surface area contributed by atoms with Crippen molar-refractivity contribution in [3.63, 3.8) is 0 Å². The van der Waals surface area contributed by atoms with Crippen LogP contribution in [0.15, 0.2) is 21.1 Å². The highest BCUT2D eigenvalue weighted by atomic mass is 79.9. The van der Waals surface area contributed by atoms with Crippen LogP contribution in [-0.4, -0.2) is 40.1 Å². The van der Waals surface area contributed by atoms with Gasteiger partial charge in [0.15, 0.2) is 0 Å². The van der Waals surface area contributed by atoms with Crippen LogP contribution in [0.5, 0.6) is 5.75 Å². The van der Waals surface area contributed by atoms with E-state index in [2.05, 4.69) is 31.9 Å². The fourth-order valence-corrected chi connectivity index (χ4v) is 2.74. The summed E-state index contributed by atoms with van der Waals surface area (Å²) in [6, 6.07) is 2.93. The van der Waals surface area contributed by atoms with Gasteiger partial charge in [0.2, 0.25) is 0 Å². The molecule has 0 radical (unpaired) electrons. The van der Waals surface area contributed by atoms with E-state index in [1.807, 2.05) is 6.92 Å². The Morgan fingerprint density at radius 3 is 2.21 bits per heavy atom. The van der Waals surface area contributed by atoms with Gasteiger partial charge in [0.25, 0.3) is 5.91 Å². The second-order valence-electron chi connectivity index (χ2n) is 3.91. The summed E-state index contributed by atoms with van der Waals surface area (Å²) in [5.74, 6) is -1.44. The molecule has 0 atom stereocenters. The average Bonchev–Trinajstić information content (AvgIpc) is 2.33. The lowest BCUT2D eigenvalue weighted by Crippen LogP contribution is -2.36. The molecule has 0 saturated heterocycles. The van der Waals surface area contributed by atoms with Crippen LogP contribution >= 0.6 is 31.9 Å². The Kier molecular flexibility index (Phi) is 5.81. The third-order valence-corrected chi connectivity index (χ3v) is 3.58. The number of carboxylic acids is 1. The third kappa shape index (κ3) is 4.21. The summed E-state index contributed by atoms with van der Waals surface area (Å²) in [6.45, 7) is 1.88. The number of benzene rings is 1. The largest absolute Gasteiger partial charge is 0.506 e. The number of rotatable bonds is 5. The molecule has 0 heterocycles. The highest BCUT2D eigenvalue weighted by molar-refractivity contribution is 9.11. The Labute approximate surface area is 127 Å². The average molecular weight is 395 g/mol. The van der Waals surface area contributed by atoms with Crippen LogP contribution in [0.25, 0.3) is 0 Å². The normalized spacial score (nSPS) is 10.3. The number of hydrogen-bond donors (Lipinski definition) is 2. The number of phenols is 1. The van der Waals surface area contributed by atoms with E-state index in [0.717, 1.165) is 0 Å². The maximum absolute atomic E-state index is 12.2. The van der Waals surface area contributed by atoms with Crippen molar-refractivity contribution in [1.82, 2.24) is 4.90 Å².